The number of carboxylic acids is 1. The fraction of sp³-hybridized carbons (Fsp3) is 0.812. The molecule has 4 nitrogen and oxygen atoms in total. The van der Waals surface area contributed by atoms with Crippen molar-refractivity contribution in [1.29, 1.82) is 0 Å². The Hall–Kier alpha value is -0.0600. The van der Waals surface area contributed by atoms with Gasteiger partial charge in [0.1, 0.15) is 0 Å². The van der Waals surface area contributed by atoms with Crippen molar-refractivity contribution in [2.75, 3.05) is 0 Å². The standard InChI is InChI=1S/C13H26NO.C3H6O2.Na/c1-3-4-5-6-7-8-9-10-11-12-13(15)14-2;1-2-3(4)5;/h2-12H2,1H3,(H,14,15);2H2,1H3,(H,4,5);/q-1;;+1. The van der Waals surface area contributed by atoms with Crippen LogP contribution in [0.1, 0.15) is 84.5 Å². The first-order valence-electron chi connectivity index (χ1n) is 7.86. The second-order valence-electron chi connectivity index (χ2n) is 4.93. The van der Waals surface area contributed by atoms with Crippen LogP contribution in [0.15, 0.2) is 0 Å². The third-order valence-corrected chi connectivity index (χ3v) is 3.01. The summed E-state index contributed by atoms with van der Waals surface area (Å²) in [5, 5.41) is 10.1. The largest absolute Gasteiger partial charge is 1.00 e. The molecule has 0 bridgehead atoms. The van der Waals surface area contributed by atoms with E-state index < -0.39 is 5.97 Å². The van der Waals surface area contributed by atoms with Gasteiger partial charge in [-0.1, -0.05) is 65.2 Å². The molecule has 0 saturated carbocycles. The average molecular weight is 309 g/mol. The van der Waals surface area contributed by atoms with E-state index in [-0.39, 0.29) is 41.9 Å². The number of carbonyl (C=O) groups excluding carboxylic acids is 1. The van der Waals surface area contributed by atoms with Gasteiger partial charge in [-0.15, -0.1) is 0 Å². The zero-order chi connectivity index (χ0) is 15.6. The molecule has 0 aromatic rings. The summed E-state index contributed by atoms with van der Waals surface area (Å²) >= 11 is 0. The number of carbonyl (C=O) groups is 2. The van der Waals surface area contributed by atoms with Crippen LogP contribution >= 0.6 is 0 Å². The molecule has 0 rings (SSSR count). The number of nitrogens with one attached hydrogen (secondary N) is 1. The topological polar surface area (TPSA) is 66.4 Å². The first-order chi connectivity index (χ1) is 9.58. The molecule has 0 fully saturated rings. The van der Waals surface area contributed by atoms with Gasteiger partial charge in [0, 0.05) is 12.8 Å². The van der Waals surface area contributed by atoms with E-state index in [4.69, 9.17) is 5.11 Å². The molecule has 120 valence electrons. The molecular formula is C16H32NNaO3. The fourth-order valence-corrected chi connectivity index (χ4v) is 1.68. The van der Waals surface area contributed by atoms with Gasteiger partial charge in [-0.05, 0) is 6.42 Å². The maximum atomic E-state index is 10.8. The monoisotopic (exact) mass is 309 g/mol. The van der Waals surface area contributed by atoms with Gasteiger partial charge in [0.2, 0.25) is 0 Å². The number of rotatable bonds is 11. The first kappa shape index (κ1) is 25.9. The molecular weight excluding hydrogens is 277 g/mol. The van der Waals surface area contributed by atoms with Crippen LogP contribution in [0.2, 0.25) is 0 Å². The molecule has 21 heavy (non-hydrogen) atoms. The van der Waals surface area contributed by atoms with Crippen LogP contribution in [-0.4, -0.2) is 17.0 Å². The first-order valence-corrected chi connectivity index (χ1v) is 7.86. The van der Waals surface area contributed by atoms with Crippen LogP contribution in [0.4, 0.5) is 0 Å². The Morgan fingerprint density at radius 1 is 0.905 bits per heavy atom. The van der Waals surface area contributed by atoms with E-state index in [0.29, 0.717) is 6.42 Å². The molecule has 0 radical (unpaired) electrons. The van der Waals surface area contributed by atoms with E-state index >= 15 is 0 Å². The SMILES string of the molecule is CCC(=O)O.[CH2-]NC(=O)CCCCCCCCCCC.[Na+]. The molecule has 0 aliphatic carbocycles. The number of hydrogen-bond donors (Lipinski definition) is 2. The van der Waals surface area contributed by atoms with E-state index in [1.165, 1.54) is 51.4 Å². The maximum Gasteiger partial charge on any atom is 1.00 e. The summed E-state index contributed by atoms with van der Waals surface area (Å²) in [5.41, 5.74) is 0. The Kier molecular flexibility index (Phi) is 27.4. The number of hydrogen-bond acceptors (Lipinski definition) is 2. The van der Waals surface area contributed by atoms with Gasteiger partial charge in [-0.3, -0.25) is 16.6 Å². The Morgan fingerprint density at radius 3 is 1.62 bits per heavy atom. The molecule has 0 aromatic carbocycles. The summed E-state index contributed by atoms with van der Waals surface area (Å²) in [6.07, 6.45) is 12.5. The predicted octanol–water partition coefficient (Wildman–Crippen LogP) is 1.30. The Bertz CT molecular complexity index is 236. The average Bonchev–Trinajstić information content (AvgIpc) is 2.45. The van der Waals surface area contributed by atoms with Crippen LogP contribution in [0.5, 0.6) is 0 Å². The summed E-state index contributed by atoms with van der Waals surface area (Å²) in [6.45, 7) is 3.84. The molecule has 1 amide bonds. The van der Waals surface area contributed by atoms with E-state index in [2.05, 4.69) is 19.3 Å². The zero-order valence-electron chi connectivity index (χ0n) is 14.2. The van der Waals surface area contributed by atoms with Crippen LogP contribution in [0, 0.1) is 7.05 Å². The summed E-state index contributed by atoms with van der Waals surface area (Å²) in [7, 11) is 3.34. The predicted molar refractivity (Wildman–Crippen MR) is 83.3 cm³/mol. The Morgan fingerprint density at radius 2 is 1.29 bits per heavy atom. The van der Waals surface area contributed by atoms with Crippen LogP contribution in [-0.2, 0) is 9.59 Å². The van der Waals surface area contributed by atoms with Gasteiger partial charge in [0.05, 0.1) is 0 Å². The summed E-state index contributed by atoms with van der Waals surface area (Å²) in [4.78, 5) is 20.2. The van der Waals surface area contributed by atoms with Crippen LogP contribution < -0.4 is 34.9 Å². The van der Waals surface area contributed by atoms with Gasteiger partial charge < -0.3 is 10.4 Å². The van der Waals surface area contributed by atoms with Gasteiger partial charge in [-0.2, -0.15) is 0 Å². The van der Waals surface area contributed by atoms with E-state index in [9.17, 15) is 9.59 Å². The number of aliphatic carboxylic acids is 1. The number of carboxylic acid groups (broad SMARTS) is 1. The molecule has 0 spiro atoms. The minimum Gasteiger partial charge on any atom is -0.508 e. The summed E-state index contributed by atoms with van der Waals surface area (Å²) in [6, 6.07) is 0. The minimum absolute atomic E-state index is 0. The Balaban J connectivity index is -0.000000465. The van der Waals surface area contributed by atoms with Gasteiger partial charge >= 0.3 is 35.5 Å². The second kappa shape index (κ2) is 22.2. The van der Waals surface area contributed by atoms with Crippen molar-refractivity contribution in [3.63, 3.8) is 0 Å². The van der Waals surface area contributed by atoms with Crippen molar-refractivity contribution < 1.29 is 44.3 Å². The molecule has 0 aromatic heterocycles. The van der Waals surface area contributed by atoms with Crippen molar-refractivity contribution in [2.24, 2.45) is 0 Å². The normalized spacial score (nSPS) is 9.10. The zero-order valence-corrected chi connectivity index (χ0v) is 16.2. The van der Waals surface area contributed by atoms with Crippen LogP contribution in [0.25, 0.3) is 0 Å². The van der Waals surface area contributed by atoms with E-state index in [0.717, 1.165) is 6.42 Å². The fourth-order valence-electron chi connectivity index (χ4n) is 1.68. The summed E-state index contributed by atoms with van der Waals surface area (Å²) < 4.78 is 0. The van der Waals surface area contributed by atoms with Crippen molar-refractivity contribution in [3.8, 4) is 0 Å². The third kappa shape index (κ3) is 28.8. The minimum atomic E-state index is -0.745. The van der Waals surface area contributed by atoms with Crippen molar-refractivity contribution in [3.05, 3.63) is 7.05 Å². The quantitative estimate of drug-likeness (QED) is 0.343. The second-order valence-corrected chi connectivity index (χ2v) is 4.93. The molecule has 0 atom stereocenters. The smallest absolute Gasteiger partial charge is 0.508 e. The third-order valence-electron chi connectivity index (χ3n) is 3.01. The maximum absolute atomic E-state index is 10.8. The Labute approximate surface area is 152 Å². The molecule has 0 aliphatic rings. The molecule has 0 saturated heterocycles. The van der Waals surface area contributed by atoms with Gasteiger partial charge in [-0.25, -0.2) is 0 Å². The molecule has 5 heteroatoms. The number of unbranched alkanes of at least 4 members (excludes halogenated alkanes) is 8. The molecule has 0 heterocycles. The summed E-state index contributed by atoms with van der Waals surface area (Å²) in [5.74, 6) is -0.678. The van der Waals surface area contributed by atoms with Gasteiger partial charge in [0.25, 0.3) is 0 Å². The van der Waals surface area contributed by atoms with Crippen molar-refractivity contribution >= 4 is 11.9 Å². The van der Waals surface area contributed by atoms with Crippen molar-refractivity contribution in [2.45, 2.75) is 84.5 Å². The molecule has 2 N–H and O–H groups in total. The van der Waals surface area contributed by atoms with Crippen molar-refractivity contribution in [1.82, 2.24) is 5.32 Å². The van der Waals surface area contributed by atoms with Crippen LogP contribution in [0.3, 0.4) is 0 Å². The van der Waals surface area contributed by atoms with Gasteiger partial charge in [0.15, 0.2) is 5.91 Å². The number of amides is 1. The van der Waals surface area contributed by atoms with E-state index in [1.54, 1.807) is 6.92 Å². The molecule has 0 aliphatic heterocycles. The molecule has 0 unspecified atom stereocenters. The van der Waals surface area contributed by atoms with E-state index in [1.807, 2.05) is 0 Å².